The number of carbonyl (C=O) groups excluding carboxylic acids is 2. The smallest absolute Gasteiger partial charge is 0.324 e. The van der Waals surface area contributed by atoms with E-state index in [-0.39, 0.29) is 6.03 Å². The van der Waals surface area contributed by atoms with Gasteiger partial charge in [0.05, 0.1) is 5.56 Å². The second-order valence-electron chi connectivity index (χ2n) is 5.37. The minimum absolute atomic E-state index is 0.385. The predicted octanol–water partition coefficient (Wildman–Crippen LogP) is 4.13. The second kappa shape index (κ2) is 6.72. The van der Waals surface area contributed by atoms with Gasteiger partial charge in [0.25, 0.3) is 5.91 Å². The van der Waals surface area contributed by atoms with E-state index in [9.17, 15) is 9.59 Å². The number of urea groups is 1. The van der Waals surface area contributed by atoms with Crippen molar-refractivity contribution in [3.8, 4) is 0 Å². The third-order valence-corrected chi connectivity index (χ3v) is 5.43. The number of rotatable bonds is 3. The van der Waals surface area contributed by atoms with Crippen LogP contribution in [0.5, 0.6) is 0 Å². The highest BCUT2D eigenvalue weighted by molar-refractivity contribution is 9.10. The number of hydrogen-bond acceptors (Lipinski definition) is 3. The molecule has 1 aliphatic carbocycles. The van der Waals surface area contributed by atoms with Gasteiger partial charge in [0.2, 0.25) is 0 Å². The molecule has 0 fully saturated rings. The minimum Gasteiger partial charge on any atom is -0.365 e. The lowest BCUT2D eigenvalue weighted by molar-refractivity contribution is 0.100. The maximum absolute atomic E-state index is 12.2. The molecule has 5 nitrogen and oxygen atoms in total. The average Bonchev–Trinajstić information content (AvgIpc) is 2.84. The molecular weight excluding hydrogens is 378 g/mol. The Morgan fingerprint density at radius 3 is 2.70 bits per heavy atom. The fraction of sp³-hybridized carbons (Fsp3) is 0.250. The van der Waals surface area contributed by atoms with E-state index in [1.807, 2.05) is 12.1 Å². The molecule has 1 aromatic heterocycles. The van der Waals surface area contributed by atoms with Crippen LogP contribution in [0.25, 0.3) is 0 Å². The molecule has 0 atom stereocenters. The van der Waals surface area contributed by atoms with Gasteiger partial charge in [-0.15, -0.1) is 11.3 Å². The van der Waals surface area contributed by atoms with E-state index in [0.717, 1.165) is 40.6 Å². The summed E-state index contributed by atoms with van der Waals surface area (Å²) in [6, 6.07) is 6.91. The Labute approximate surface area is 146 Å². The Balaban J connectivity index is 1.81. The number of thiophene rings is 1. The van der Waals surface area contributed by atoms with Crippen LogP contribution in [0, 0.1) is 0 Å². The number of halogens is 1. The van der Waals surface area contributed by atoms with E-state index in [1.54, 1.807) is 12.1 Å². The van der Waals surface area contributed by atoms with Crippen LogP contribution in [-0.4, -0.2) is 11.9 Å². The number of amides is 3. The standard InChI is InChI=1S/C16H16BrN3O2S/c17-9-4-3-5-10(8-9)19-16(22)20-15-13(14(18)21)11-6-1-2-7-12(11)23-15/h3-5,8H,1-2,6-7H2,(H2,18,21)(H2,19,20,22). The number of anilines is 2. The van der Waals surface area contributed by atoms with Crippen molar-refractivity contribution in [1.82, 2.24) is 0 Å². The van der Waals surface area contributed by atoms with Crippen molar-refractivity contribution in [1.29, 1.82) is 0 Å². The molecule has 4 N–H and O–H groups in total. The van der Waals surface area contributed by atoms with Crippen molar-refractivity contribution in [3.63, 3.8) is 0 Å². The summed E-state index contributed by atoms with van der Waals surface area (Å²) in [6.45, 7) is 0. The summed E-state index contributed by atoms with van der Waals surface area (Å²) in [5.74, 6) is -0.484. The summed E-state index contributed by atoms with van der Waals surface area (Å²) in [6.07, 6.45) is 3.94. The van der Waals surface area contributed by atoms with E-state index >= 15 is 0 Å². The van der Waals surface area contributed by atoms with Crippen LogP contribution in [0.4, 0.5) is 15.5 Å². The molecule has 0 radical (unpaired) electrons. The third-order valence-electron chi connectivity index (χ3n) is 3.73. The van der Waals surface area contributed by atoms with Crippen LogP contribution in [0.15, 0.2) is 28.7 Å². The first-order chi connectivity index (χ1) is 11.0. The van der Waals surface area contributed by atoms with Crippen molar-refractivity contribution >= 4 is 49.9 Å². The molecule has 0 unspecified atom stereocenters. The first-order valence-electron chi connectivity index (χ1n) is 7.32. The van der Waals surface area contributed by atoms with Crippen LogP contribution in [-0.2, 0) is 12.8 Å². The molecule has 0 saturated carbocycles. The van der Waals surface area contributed by atoms with Gasteiger partial charge in [-0.25, -0.2) is 4.79 Å². The van der Waals surface area contributed by atoms with Crippen molar-refractivity contribution in [2.75, 3.05) is 10.6 Å². The Kier molecular flexibility index (Phi) is 4.68. The van der Waals surface area contributed by atoms with Crippen molar-refractivity contribution < 1.29 is 9.59 Å². The molecule has 7 heteroatoms. The number of nitrogens with one attached hydrogen (secondary N) is 2. The van der Waals surface area contributed by atoms with Gasteiger partial charge in [-0.1, -0.05) is 22.0 Å². The van der Waals surface area contributed by atoms with Crippen LogP contribution in [0.3, 0.4) is 0 Å². The van der Waals surface area contributed by atoms with Gasteiger partial charge in [0.1, 0.15) is 5.00 Å². The van der Waals surface area contributed by atoms with Gasteiger partial charge in [-0.3, -0.25) is 10.1 Å². The van der Waals surface area contributed by atoms with Gasteiger partial charge >= 0.3 is 6.03 Å². The minimum atomic E-state index is -0.484. The molecule has 1 aromatic carbocycles. The number of fused-ring (bicyclic) bond motifs is 1. The molecule has 1 heterocycles. The summed E-state index contributed by atoms with van der Waals surface area (Å²) in [4.78, 5) is 25.1. The Hall–Kier alpha value is -1.86. The van der Waals surface area contributed by atoms with Gasteiger partial charge in [-0.2, -0.15) is 0 Å². The van der Waals surface area contributed by atoms with E-state index in [0.29, 0.717) is 16.3 Å². The third kappa shape index (κ3) is 3.56. The first-order valence-corrected chi connectivity index (χ1v) is 8.93. The molecule has 0 spiro atoms. The molecule has 0 saturated heterocycles. The molecule has 23 heavy (non-hydrogen) atoms. The van der Waals surface area contributed by atoms with Gasteiger partial charge in [-0.05, 0) is 49.4 Å². The molecule has 1 aliphatic rings. The van der Waals surface area contributed by atoms with Crippen LogP contribution < -0.4 is 16.4 Å². The number of hydrogen-bond donors (Lipinski definition) is 3. The van der Waals surface area contributed by atoms with E-state index in [2.05, 4.69) is 26.6 Å². The first kappa shape index (κ1) is 16.0. The largest absolute Gasteiger partial charge is 0.365 e. The number of primary amides is 1. The van der Waals surface area contributed by atoms with E-state index in [1.165, 1.54) is 11.3 Å². The summed E-state index contributed by atoms with van der Waals surface area (Å²) >= 11 is 4.81. The zero-order valence-corrected chi connectivity index (χ0v) is 14.7. The van der Waals surface area contributed by atoms with Crippen LogP contribution in [0.1, 0.15) is 33.6 Å². The second-order valence-corrected chi connectivity index (χ2v) is 7.39. The Bertz CT molecular complexity index is 773. The molecule has 3 rings (SSSR count). The topological polar surface area (TPSA) is 84.2 Å². The summed E-state index contributed by atoms with van der Waals surface area (Å²) < 4.78 is 0.875. The van der Waals surface area contributed by atoms with Gasteiger partial charge < -0.3 is 11.1 Å². The fourth-order valence-corrected chi connectivity index (χ4v) is 4.44. The highest BCUT2D eigenvalue weighted by Gasteiger charge is 2.24. The van der Waals surface area contributed by atoms with Crippen molar-refractivity contribution in [2.24, 2.45) is 5.73 Å². The Morgan fingerprint density at radius 1 is 1.17 bits per heavy atom. The monoisotopic (exact) mass is 393 g/mol. The van der Waals surface area contributed by atoms with Crippen LogP contribution in [0.2, 0.25) is 0 Å². The fourth-order valence-electron chi connectivity index (χ4n) is 2.75. The highest BCUT2D eigenvalue weighted by Crippen LogP contribution is 2.37. The quantitative estimate of drug-likeness (QED) is 0.731. The molecule has 0 aliphatic heterocycles. The van der Waals surface area contributed by atoms with Gasteiger partial charge in [0, 0.05) is 15.0 Å². The van der Waals surface area contributed by atoms with Crippen molar-refractivity contribution in [2.45, 2.75) is 25.7 Å². The molecule has 2 aromatic rings. The molecule has 120 valence electrons. The number of carbonyl (C=O) groups is 2. The zero-order valence-electron chi connectivity index (χ0n) is 12.3. The summed E-state index contributed by atoms with van der Waals surface area (Å²) in [7, 11) is 0. The number of aryl methyl sites for hydroxylation is 1. The van der Waals surface area contributed by atoms with Gasteiger partial charge in [0.15, 0.2) is 0 Å². The highest BCUT2D eigenvalue weighted by atomic mass is 79.9. The Morgan fingerprint density at radius 2 is 1.96 bits per heavy atom. The lowest BCUT2D eigenvalue weighted by Crippen LogP contribution is -2.22. The number of nitrogens with two attached hydrogens (primary N) is 1. The van der Waals surface area contributed by atoms with E-state index < -0.39 is 5.91 Å². The molecule has 3 amide bonds. The molecular formula is C16H16BrN3O2S. The predicted molar refractivity (Wildman–Crippen MR) is 96.3 cm³/mol. The van der Waals surface area contributed by atoms with Crippen molar-refractivity contribution in [3.05, 3.63) is 44.7 Å². The number of benzene rings is 1. The van der Waals surface area contributed by atoms with E-state index in [4.69, 9.17) is 5.73 Å². The zero-order chi connectivity index (χ0) is 16.4. The average molecular weight is 394 g/mol. The molecule has 0 bridgehead atoms. The SMILES string of the molecule is NC(=O)c1c(NC(=O)Nc2cccc(Br)c2)sc2c1CCCC2. The summed E-state index contributed by atoms with van der Waals surface area (Å²) in [5.41, 5.74) is 7.66. The summed E-state index contributed by atoms with van der Waals surface area (Å²) in [5, 5.41) is 6.06. The maximum Gasteiger partial charge on any atom is 0.324 e. The lowest BCUT2D eigenvalue weighted by Gasteiger charge is -2.11. The maximum atomic E-state index is 12.2. The lowest BCUT2D eigenvalue weighted by atomic mass is 9.95. The van der Waals surface area contributed by atoms with Crippen LogP contribution >= 0.6 is 27.3 Å². The normalized spacial score (nSPS) is 13.3.